The Bertz CT molecular complexity index is 1120. The van der Waals surface area contributed by atoms with Crippen molar-refractivity contribution in [1.29, 1.82) is 0 Å². The van der Waals surface area contributed by atoms with Gasteiger partial charge in [-0.3, -0.25) is 19.4 Å². The van der Waals surface area contributed by atoms with Crippen molar-refractivity contribution < 1.29 is 18.8 Å². The molecule has 3 aromatic heterocycles. The van der Waals surface area contributed by atoms with Gasteiger partial charge >= 0.3 is 0 Å². The van der Waals surface area contributed by atoms with Gasteiger partial charge < -0.3 is 20.0 Å². The average Bonchev–Trinajstić information content (AvgIpc) is 3.57. The standard InChI is InChI=1S/C25H28N4O4S/c1-17-6-7-20(24(31)26-11-8-19-4-3-15-34-19)23(28-17)18-9-12-29(13-10-18)22(30)16-27-25(32)21-5-2-14-33-21/h2-7,14-15,18H,8-13,16H2,1H3,(H,26,31)(H,27,32). The number of furan rings is 1. The van der Waals surface area contributed by atoms with Crippen LogP contribution >= 0.6 is 11.3 Å². The van der Waals surface area contributed by atoms with Crippen LogP contribution in [0.1, 0.15) is 55.9 Å². The fourth-order valence-electron chi connectivity index (χ4n) is 4.09. The van der Waals surface area contributed by atoms with E-state index in [2.05, 4.69) is 16.7 Å². The largest absolute Gasteiger partial charge is 0.459 e. The second kappa shape index (κ2) is 11.1. The van der Waals surface area contributed by atoms with Gasteiger partial charge in [0.15, 0.2) is 5.76 Å². The van der Waals surface area contributed by atoms with Gasteiger partial charge in [0.05, 0.1) is 24.1 Å². The van der Waals surface area contributed by atoms with Gasteiger partial charge in [-0.2, -0.15) is 0 Å². The first kappa shape index (κ1) is 23.7. The zero-order valence-corrected chi connectivity index (χ0v) is 19.9. The molecule has 3 amide bonds. The van der Waals surface area contributed by atoms with E-state index < -0.39 is 5.91 Å². The summed E-state index contributed by atoms with van der Waals surface area (Å²) in [4.78, 5) is 45.1. The lowest BCUT2D eigenvalue weighted by atomic mass is 9.89. The van der Waals surface area contributed by atoms with E-state index in [9.17, 15) is 14.4 Å². The smallest absolute Gasteiger partial charge is 0.287 e. The highest BCUT2D eigenvalue weighted by Gasteiger charge is 2.28. The van der Waals surface area contributed by atoms with Gasteiger partial charge in [-0.15, -0.1) is 11.3 Å². The number of nitrogens with one attached hydrogen (secondary N) is 2. The van der Waals surface area contributed by atoms with Gasteiger partial charge in [-0.05, 0) is 61.9 Å². The van der Waals surface area contributed by atoms with Crippen molar-refractivity contribution in [3.05, 3.63) is 75.6 Å². The summed E-state index contributed by atoms with van der Waals surface area (Å²) in [7, 11) is 0. The molecular weight excluding hydrogens is 452 g/mol. The van der Waals surface area contributed by atoms with Gasteiger partial charge in [-0.1, -0.05) is 6.07 Å². The molecule has 4 rings (SSSR count). The van der Waals surface area contributed by atoms with E-state index in [-0.39, 0.29) is 30.0 Å². The molecular formula is C25H28N4O4S. The third kappa shape index (κ3) is 5.91. The predicted molar refractivity (Wildman–Crippen MR) is 129 cm³/mol. The minimum absolute atomic E-state index is 0.0786. The van der Waals surface area contributed by atoms with Crippen LogP contribution in [0, 0.1) is 6.92 Å². The summed E-state index contributed by atoms with van der Waals surface area (Å²) in [6.45, 7) is 3.51. The van der Waals surface area contributed by atoms with Crippen molar-refractivity contribution in [2.24, 2.45) is 0 Å². The first-order valence-corrected chi connectivity index (χ1v) is 12.3. The van der Waals surface area contributed by atoms with Crippen LogP contribution in [0.15, 0.2) is 52.5 Å². The molecule has 4 heterocycles. The Morgan fingerprint density at radius 3 is 2.62 bits per heavy atom. The molecule has 0 bridgehead atoms. The molecule has 0 saturated carbocycles. The number of likely N-dealkylation sites (tertiary alicyclic amines) is 1. The highest BCUT2D eigenvalue weighted by molar-refractivity contribution is 7.09. The Labute approximate surface area is 202 Å². The highest BCUT2D eigenvalue weighted by atomic mass is 32.1. The minimum Gasteiger partial charge on any atom is -0.459 e. The lowest BCUT2D eigenvalue weighted by molar-refractivity contribution is -0.131. The number of amides is 3. The molecule has 0 atom stereocenters. The van der Waals surface area contributed by atoms with Crippen molar-refractivity contribution in [2.45, 2.75) is 32.1 Å². The molecule has 9 heteroatoms. The third-order valence-corrected chi connectivity index (χ3v) is 6.86. The molecule has 1 aliphatic heterocycles. The SMILES string of the molecule is Cc1ccc(C(=O)NCCc2cccs2)c(C2CCN(C(=O)CNC(=O)c3ccco3)CC2)n1. The van der Waals surface area contributed by atoms with Crippen LogP contribution in [0.4, 0.5) is 0 Å². The molecule has 8 nitrogen and oxygen atoms in total. The number of piperidine rings is 1. The van der Waals surface area contributed by atoms with Crippen LogP contribution in [0.5, 0.6) is 0 Å². The number of hydrogen-bond acceptors (Lipinski definition) is 6. The Morgan fingerprint density at radius 1 is 1.09 bits per heavy atom. The van der Waals surface area contributed by atoms with E-state index in [1.165, 1.54) is 11.1 Å². The highest BCUT2D eigenvalue weighted by Crippen LogP contribution is 2.29. The van der Waals surface area contributed by atoms with Gasteiger partial charge in [0, 0.05) is 36.1 Å². The molecule has 1 fully saturated rings. The maximum absolute atomic E-state index is 12.9. The van der Waals surface area contributed by atoms with Gasteiger partial charge in [0.2, 0.25) is 5.91 Å². The average molecular weight is 481 g/mol. The van der Waals surface area contributed by atoms with E-state index in [1.54, 1.807) is 28.4 Å². The molecule has 178 valence electrons. The van der Waals surface area contributed by atoms with E-state index in [0.29, 0.717) is 38.0 Å². The maximum atomic E-state index is 12.9. The molecule has 34 heavy (non-hydrogen) atoms. The zero-order chi connectivity index (χ0) is 23.9. The molecule has 0 aliphatic carbocycles. The van der Waals surface area contributed by atoms with Crippen LogP contribution in [-0.2, 0) is 11.2 Å². The summed E-state index contributed by atoms with van der Waals surface area (Å²) < 4.78 is 5.04. The van der Waals surface area contributed by atoms with Gasteiger partial charge in [0.25, 0.3) is 11.8 Å². The van der Waals surface area contributed by atoms with Crippen molar-refractivity contribution >= 4 is 29.1 Å². The number of nitrogens with zero attached hydrogens (tertiary/aromatic N) is 2. The maximum Gasteiger partial charge on any atom is 0.287 e. The van der Waals surface area contributed by atoms with Crippen molar-refractivity contribution in [3.63, 3.8) is 0 Å². The molecule has 2 N–H and O–H groups in total. The molecule has 0 radical (unpaired) electrons. The fraction of sp³-hybridized carbons (Fsp3) is 0.360. The van der Waals surface area contributed by atoms with Crippen molar-refractivity contribution in [3.8, 4) is 0 Å². The molecule has 0 spiro atoms. The van der Waals surface area contributed by atoms with Crippen molar-refractivity contribution in [2.75, 3.05) is 26.2 Å². The second-order valence-electron chi connectivity index (χ2n) is 8.29. The Morgan fingerprint density at radius 2 is 1.91 bits per heavy atom. The summed E-state index contributed by atoms with van der Waals surface area (Å²) in [5, 5.41) is 7.65. The summed E-state index contributed by atoms with van der Waals surface area (Å²) in [5.74, 6) is -0.384. The van der Waals surface area contributed by atoms with Crippen LogP contribution in [-0.4, -0.2) is 53.8 Å². The molecule has 1 saturated heterocycles. The summed E-state index contributed by atoms with van der Waals surface area (Å²) in [6.07, 6.45) is 3.64. The Hall–Kier alpha value is -3.46. The normalized spacial score (nSPS) is 14.1. The van der Waals surface area contributed by atoms with Gasteiger partial charge in [0.1, 0.15) is 0 Å². The molecule has 0 unspecified atom stereocenters. The number of aromatic nitrogens is 1. The number of carbonyl (C=O) groups excluding carboxylic acids is 3. The van der Waals surface area contributed by atoms with E-state index >= 15 is 0 Å². The number of rotatable bonds is 8. The third-order valence-electron chi connectivity index (χ3n) is 5.93. The summed E-state index contributed by atoms with van der Waals surface area (Å²) >= 11 is 1.68. The van der Waals surface area contributed by atoms with Crippen LogP contribution in [0.3, 0.4) is 0 Å². The second-order valence-corrected chi connectivity index (χ2v) is 9.32. The van der Waals surface area contributed by atoms with E-state index in [1.807, 2.05) is 30.5 Å². The number of aryl methyl sites for hydroxylation is 1. The monoisotopic (exact) mass is 480 g/mol. The number of hydrogen-bond donors (Lipinski definition) is 2. The van der Waals surface area contributed by atoms with Crippen molar-refractivity contribution in [1.82, 2.24) is 20.5 Å². The van der Waals surface area contributed by atoms with E-state index in [4.69, 9.17) is 9.40 Å². The first-order valence-electron chi connectivity index (χ1n) is 11.4. The van der Waals surface area contributed by atoms with Gasteiger partial charge in [-0.25, -0.2) is 0 Å². The predicted octanol–water partition coefficient (Wildman–Crippen LogP) is 3.15. The van der Waals surface area contributed by atoms with Crippen LogP contribution in [0.25, 0.3) is 0 Å². The quantitative estimate of drug-likeness (QED) is 0.515. The minimum atomic E-state index is -0.410. The Kier molecular flexibility index (Phi) is 7.74. The molecule has 0 aromatic carbocycles. The number of thiophene rings is 1. The summed E-state index contributed by atoms with van der Waals surface area (Å²) in [6, 6.07) is 11.0. The zero-order valence-electron chi connectivity index (χ0n) is 19.1. The topological polar surface area (TPSA) is 105 Å². The van der Waals surface area contributed by atoms with Crippen LogP contribution in [0.2, 0.25) is 0 Å². The summed E-state index contributed by atoms with van der Waals surface area (Å²) in [5.41, 5.74) is 2.27. The lowest BCUT2D eigenvalue weighted by Gasteiger charge is -2.32. The van der Waals surface area contributed by atoms with Crippen LogP contribution < -0.4 is 10.6 Å². The molecule has 1 aliphatic rings. The van der Waals surface area contributed by atoms with E-state index in [0.717, 1.165) is 17.8 Å². The Balaban J connectivity index is 1.31. The first-order chi connectivity index (χ1) is 16.5. The molecule has 3 aromatic rings. The number of carbonyl (C=O) groups is 3. The number of pyridine rings is 1. The fourth-order valence-corrected chi connectivity index (χ4v) is 4.80. The lowest BCUT2D eigenvalue weighted by Crippen LogP contribution is -2.44.